The summed E-state index contributed by atoms with van der Waals surface area (Å²) in [6.45, 7) is 0. The quantitative estimate of drug-likeness (QED) is 0.446. The van der Waals surface area contributed by atoms with Crippen molar-refractivity contribution in [2.45, 2.75) is 0 Å². The first-order valence-corrected chi connectivity index (χ1v) is 8.38. The number of nitrogens with zero attached hydrogens (tertiary/aromatic N) is 5. The number of nitriles is 1. The van der Waals surface area contributed by atoms with Crippen molar-refractivity contribution < 1.29 is 0 Å². The Morgan fingerprint density at radius 2 is 2.15 bits per heavy atom. The van der Waals surface area contributed by atoms with Crippen LogP contribution >= 0.6 is 15.9 Å². The second-order valence-corrected chi connectivity index (χ2v) is 6.29. The lowest BCUT2D eigenvalue weighted by Crippen LogP contribution is -1.93. The van der Waals surface area contributed by atoms with E-state index in [1.165, 1.54) is 0 Å². The van der Waals surface area contributed by atoms with Gasteiger partial charge in [0.1, 0.15) is 17.5 Å². The van der Waals surface area contributed by atoms with Crippen molar-refractivity contribution in [2.24, 2.45) is 0 Å². The molecule has 0 aliphatic heterocycles. The number of aromatic amines is 2. The van der Waals surface area contributed by atoms with Crippen LogP contribution in [-0.2, 0) is 0 Å². The molecule has 0 amide bonds. The summed E-state index contributed by atoms with van der Waals surface area (Å²) < 4.78 is 0.992. The summed E-state index contributed by atoms with van der Waals surface area (Å²) in [4.78, 5) is 7.92. The van der Waals surface area contributed by atoms with Gasteiger partial charge >= 0.3 is 0 Å². The molecule has 4 aromatic rings. The van der Waals surface area contributed by atoms with Crippen LogP contribution in [0.3, 0.4) is 0 Å². The SMILES string of the molecule is N#CC(=CNc1cccc(-c2nc3ccc(Br)cc3[nH]2)c1)c1nn[nH]n1. The average Bonchev–Trinajstić information content (AvgIpc) is 3.32. The summed E-state index contributed by atoms with van der Waals surface area (Å²) in [5.74, 6) is 1.00. The molecule has 0 radical (unpaired) electrons. The summed E-state index contributed by atoms with van der Waals surface area (Å²) in [7, 11) is 0. The van der Waals surface area contributed by atoms with Crippen molar-refractivity contribution >= 4 is 38.2 Å². The molecule has 2 aromatic heterocycles. The highest BCUT2D eigenvalue weighted by Crippen LogP contribution is 2.25. The number of halogens is 1. The fourth-order valence-corrected chi connectivity index (χ4v) is 2.81. The summed E-state index contributed by atoms with van der Waals surface area (Å²) >= 11 is 3.46. The van der Waals surface area contributed by atoms with Crippen LogP contribution < -0.4 is 5.32 Å². The van der Waals surface area contributed by atoms with E-state index < -0.39 is 0 Å². The molecule has 0 unspecified atom stereocenters. The maximum atomic E-state index is 9.21. The molecule has 3 N–H and O–H groups in total. The number of tetrazole rings is 1. The molecule has 4 rings (SSSR count). The Labute approximate surface area is 156 Å². The third-order valence-electron chi connectivity index (χ3n) is 3.67. The maximum Gasteiger partial charge on any atom is 0.216 e. The number of nitrogens with one attached hydrogen (secondary N) is 3. The zero-order valence-corrected chi connectivity index (χ0v) is 14.8. The van der Waals surface area contributed by atoms with Crippen molar-refractivity contribution in [1.82, 2.24) is 30.6 Å². The Morgan fingerprint density at radius 3 is 2.96 bits per heavy atom. The number of benzene rings is 2. The Balaban J connectivity index is 1.63. The molecule has 0 bridgehead atoms. The minimum atomic E-state index is 0.235. The number of hydrogen-bond acceptors (Lipinski definition) is 6. The fourth-order valence-electron chi connectivity index (χ4n) is 2.45. The molecule has 8 nitrogen and oxygen atoms in total. The van der Waals surface area contributed by atoms with Gasteiger partial charge in [-0.3, -0.25) is 0 Å². The van der Waals surface area contributed by atoms with Crippen LogP contribution in [0.2, 0.25) is 0 Å². The molecule has 26 heavy (non-hydrogen) atoms. The van der Waals surface area contributed by atoms with Crippen LogP contribution in [0.5, 0.6) is 0 Å². The number of hydrogen-bond donors (Lipinski definition) is 3. The fraction of sp³-hybridized carbons (Fsp3) is 0. The van der Waals surface area contributed by atoms with Crippen LogP contribution in [0.1, 0.15) is 5.82 Å². The smallest absolute Gasteiger partial charge is 0.216 e. The van der Waals surface area contributed by atoms with E-state index in [4.69, 9.17) is 0 Å². The minimum absolute atomic E-state index is 0.235. The summed E-state index contributed by atoms with van der Waals surface area (Å²) in [5.41, 5.74) is 3.86. The summed E-state index contributed by atoms with van der Waals surface area (Å²) in [6, 6.07) is 15.6. The molecule has 9 heteroatoms. The molecular formula is C17H11BrN8. The molecule has 0 fully saturated rings. The van der Waals surface area contributed by atoms with Gasteiger partial charge in [0.05, 0.1) is 11.0 Å². The molecule has 0 aliphatic carbocycles. The maximum absolute atomic E-state index is 9.21. The van der Waals surface area contributed by atoms with E-state index in [1.54, 1.807) is 6.20 Å². The van der Waals surface area contributed by atoms with Gasteiger partial charge in [0.25, 0.3) is 0 Å². The Morgan fingerprint density at radius 1 is 1.23 bits per heavy atom. The van der Waals surface area contributed by atoms with Crippen LogP contribution in [0.15, 0.2) is 53.1 Å². The molecule has 0 saturated carbocycles. The van der Waals surface area contributed by atoms with E-state index in [2.05, 4.69) is 51.8 Å². The van der Waals surface area contributed by atoms with Gasteiger partial charge in [0.15, 0.2) is 0 Å². The minimum Gasteiger partial charge on any atom is -0.360 e. The first kappa shape index (κ1) is 16.0. The second-order valence-electron chi connectivity index (χ2n) is 5.38. The van der Waals surface area contributed by atoms with Crippen LogP contribution in [-0.4, -0.2) is 30.6 Å². The third kappa shape index (κ3) is 3.18. The van der Waals surface area contributed by atoms with E-state index in [9.17, 15) is 5.26 Å². The van der Waals surface area contributed by atoms with Crippen molar-refractivity contribution in [3.05, 3.63) is 59.0 Å². The number of rotatable bonds is 4. The molecular weight excluding hydrogens is 396 g/mol. The average molecular weight is 407 g/mol. The largest absolute Gasteiger partial charge is 0.360 e. The van der Waals surface area contributed by atoms with Crippen molar-refractivity contribution in [3.63, 3.8) is 0 Å². The predicted octanol–water partition coefficient (Wildman–Crippen LogP) is 3.48. The van der Waals surface area contributed by atoms with E-state index in [0.717, 1.165) is 32.6 Å². The number of allylic oxidation sites excluding steroid dienone is 1. The van der Waals surface area contributed by atoms with Crippen LogP contribution in [0.25, 0.3) is 28.0 Å². The summed E-state index contributed by atoms with van der Waals surface area (Å²) in [6.07, 6.45) is 1.54. The Kier molecular flexibility index (Phi) is 4.17. The summed E-state index contributed by atoms with van der Waals surface area (Å²) in [5, 5.41) is 25.7. The second kappa shape index (κ2) is 6.78. The van der Waals surface area contributed by atoms with Gasteiger partial charge in [-0.15, -0.1) is 10.2 Å². The van der Waals surface area contributed by atoms with Gasteiger partial charge in [-0.1, -0.05) is 28.1 Å². The van der Waals surface area contributed by atoms with Crippen LogP contribution in [0.4, 0.5) is 5.69 Å². The standard InChI is InChI=1S/C17H11BrN8/c18-12-4-5-14-15(7-12)22-16(21-14)10-2-1-3-13(6-10)20-9-11(8-19)17-23-25-26-24-17/h1-7,9,20H,(H,21,22)(H,23,24,25,26). The zero-order chi connectivity index (χ0) is 17.9. The number of imidazole rings is 1. The monoisotopic (exact) mass is 406 g/mol. The van der Waals surface area contributed by atoms with E-state index in [1.807, 2.05) is 48.5 Å². The van der Waals surface area contributed by atoms with Crippen molar-refractivity contribution in [1.29, 1.82) is 5.26 Å². The molecule has 2 aromatic carbocycles. The van der Waals surface area contributed by atoms with E-state index in [0.29, 0.717) is 0 Å². The van der Waals surface area contributed by atoms with Crippen molar-refractivity contribution in [2.75, 3.05) is 5.32 Å². The first-order chi connectivity index (χ1) is 12.7. The number of aromatic nitrogens is 6. The number of fused-ring (bicyclic) bond motifs is 1. The lowest BCUT2D eigenvalue weighted by molar-refractivity contribution is 0.881. The van der Waals surface area contributed by atoms with Gasteiger partial charge in [0, 0.05) is 21.9 Å². The third-order valence-corrected chi connectivity index (χ3v) is 4.16. The lowest BCUT2D eigenvalue weighted by atomic mass is 10.2. The van der Waals surface area contributed by atoms with Gasteiger partial charge in [-0.05, 0) is 35.5 Å². The molecule has 0 atom stereocenters. The zero-order valence-electron chi connectivity index (χ0n) is 13.2. The first-order valence-electron chi connectivity index (χ1n) is 7.59. The highest BCUT2D eigenvalue weighted by Gasteiger charge is 2.08. The Bertz CT molecular complexity index is 1140. The number of H-pyrrole nitrogens is 2. The Hall–Kier alpha value is -3.51. The van der Waals surface area contributed by atoms with E-state index >= 15 is 0 Å². The molecule has 0 aliphatic rings. The van der Waals surface area contributed by atoms with Crippen molar-refractivity contribution in [3.8, 4) is 17.5 Å². The normalized spacial score (nSPS) is 11.5. The lowest BCUT2D eigenvalue weighted by Gasteiger charge is -2.03. The molecule has 0 spiro atoms. The van der Waals surface area contributed by atoms with E-state index in [-0.39, 0.29) is 11.4 Å². The van der Waals surface area contributed by atoms with Gasteiger partial charge in [-0.25, -0.2) is 4.98 Å². The highest BCUT2D eigenvalue weighted by molar-refractivity contribution is 9.10. The topological polar surface area (TPSA) is 119 Å². The predicted molar refractivity (Wildman–Crippen MR) is 101 cm³/mol. The molecule has 2 heterocycles. The molecule has 0 saturated heterocycles. The van der Waals surface area contributed by atoms with Gasteiger partial charge in [-0.2, -0.15) is 10.5 Å². The van der Waals surface area contributed by atoms with Crippen LogP contribution in [0, 0.1) is 11.3 Å². The van der Waals surface area contributed by atoms with Gasteiger partial charge < -0.3 is 10.3 Å². The van der Waals surface area contributed by atoms with Gasteiger partial charge in [0.2, 0.25) is 5.82 Å². The molecule has 126 valence electrons. The number of anilines is 1. The highest BCUT2D eigenvalue weighted by atomic mass is 79.9.